The Bertz CT molecular complexity index is 1160. The number of aryl methyl sites for hydroxylation is 3. The Balaban J connectivity index is 1.92. The van der Waals surface area contributed by atoms with E-state index in [1.165, 1.54) is 0 Å². The van der Waals surface area contributed by atoms with Crippen LogP contribution in [-0.4, -0.2) is 35.9 Å². The van der Waals surface area contributed by atoms with E-state index in [0.717, 1.165) is 27.8 Å². The van der Waals surface area contributed by atoms with Crippen molar-refractivity contribution >= 4 is 11.8 Å². The van der Waals surface area contributed by atoms with E-state index in [4.69, 9.17) is 4.74 Å². The maximum absolute atomic E-state index is 13.7. The van der Waals surface area contributed by atoms with Crippen molar-refractivity contribution in [3.8, 4) is 5.75 Å². The molecule has 0 bridgehead atoms. The van der Waals surface area contributed by atoms with Gasteiger partial charge in [0.1, 0.15) is 11.8 Å². The van der Waals surface area contributed by atoms with E-state index in [1.807, 2.05) is 87.5 Å². The first-order valence-corrected chi connectivity index (χ1v) is 12.6. The van der Waals surface area contributed by atoms with Gasteiger partial charge in [-0.2, -0.15) is 0 Å². The van der Waals surface area contributed by atoms with Gasteiger partial charge in [0.05, 0.1) is 0 Å². The third kappa shape index (κ3) is 7.98. The predicted molar refractivity (Wildman–Crippen MR) is 145 cm³/mol. The molecule has 3 aromatic carbocycles. The molecule has 0 aliphatic carbocycles. The van der Waals surface area contributed by atoms with Crippen molar-refractivity contribution in [3.05, 3.63) is 101 Å². The lowest BCUT2D eigenvalue weighted by atomic mass is 10.0. The third-order valence-electron chi connectivity index (χ3n) is 6.09. The van der Waals surface area contributed by atoms with Crippen LogP contribution in [0, 0.1) is 26.7 Å². The number of nitrogens with one attached hydrogen (secondary N) is 1. The Morgan fingerprint density at radius 2 is 1.56 bits per heavy atom. The number of ether oxygens (including phenoxy) is 1. The van der Waals surface area contributed by atoms with Crippen LogP contribution in [-0.2, 0) is 22.6 Å². The predicted octanol–water partition coefficient (Wildman–Crippen LogP) is 5.40. The Labute approximate surface area is 215 Å². The van der Waals surface area contributed by atoms with Gasteiger partial charge in [-0.15, -0.1) is 0 Å². The van der Waals surface area contributed by atoms with Gasteiger partial charge in [-0.25, -0.2) is 0 Å². The lowest BCUT2D eigenvalue weighted by Crippen LogP contribution is -2.52. The van der Waals surface area contributed by atoms with Crippen molar-refractivity contribution in [2.75, 3.05) is 13.2 Å². The van der Waals surface area contributed by atoms with Gasteiger partial charge in [0, 0.05) is 19.5 Å². The highest BCUT2D eigenvalue weighted by atomic mass is 16.5. The SMILES string of the molecule is Cc1cccc(CN(C(=O)COc2cc(C)ccc2C)[C@H](Cc2ccccc2)C(=O)NCC(C)C)c1. The van der Waals surface area contributed by atoms with Gasteiger partial charge in [-0.3, -0.25) is 9.59 Å². The minimum absolute atomic E-state index is 0.140. The van der Waals surface area contributed by atoms with Gasteiger partial charge in [-0.05, 0) is 55.0 Å². The van der Waals surface area contributed by atoms with E-state index >= 15 is 0 Å². The summed E-state index contributed by atoms with van der Waals surface area (Å²) in [6.07, 6.45) is 0.422. The van der Waals surface area contributed by atoms with Crippen LogP contribution in [0.3, 0.4) is 0 Å². The first-order valence-electron chi connectivity index (χ1n) is 12.6. The molecule has 2 amide bonds. The van der Waals surface area contributed by atoms with E-state index < -0.39 is 6.04 Å². The van der Waals surface area contributed by atoms with E-state index in [9.17, 15) is 9.59 Å². The zero-order valence-corrected chi connectivity index (χ0v) is 22.1. The molecule has 0 aromatic heterocycles. The molecule has 1 N–H and O–H groups in total. The minimum Gasteiger partial charge on any atom is -0.483 e. The molecule has 0 fully saturated rings. The van der Waals surface area contributed by atoms with E-state index in [1.54, 1.807) is 4.90 Å². The van der Waals surface area contributed by atoms with Crippen LogP contribution in [0.4, 0.5) is 0 Å². The number of rotatable bonds is 11. The molecule has 3 aromatic rings. The van der Waals surface area contributed by atoms with Crippen LogP contribution in [0.1, 0.15) is 41.7 Å². The molecule has 0 aliphatic heterocycles. The number of amides is 2. The maximum atomic E-state index is 13.7. The van der Waals surface area contributed by atoms with Gasteiger partial charge in [0.25, 0.3) is 5.91 Å². The summed E-state index contributed by atoms with van der Waals surface area (Å²) in [5.41, 5.74) is 5.11. The zero-order valence-electron chi connectivity index (χ0n) is 22.1. The summed E-state index contributed by atoms with van der Waals surface area (Å²) in [7, 11) is 0. The van der Waals surface area contributed by atoms with Gasteiger partial charge in [0.15, 0.2) is 6.61 Å². The monoisotopic (exact) mass is 486 g/mol. The molecule has 1 atom stereocenters. The summed E-state index contributed by atoms with van der Waals surface area (Å²) in [5, 5.41) is 3.05. The summed E-state index contributed by atoms with van der Waals surface area (Å²) in [4.78, 5) is 28.8. The smallest absolute Gasteiger partial charge is 0.261 e. The third-order valence-corrected chi connectivity index (χ3v) is 6.09. The average molecular weight is 487 g/mol. The van der Waals surface area contributed by atoms with Crippen molar-refractivity contribution in [2.45, 2.75) is 53.6 Å². The highest BCUT2D eigenvalue weighted by molar-refractivity contribution is 5.88. The van der Waals surface area contributed by atoms with Gasteiger partial charge in [0.2, 0.25) is 5.91 Å². The van der Waals surface area contributed by atoms with Crippen molar-refractivity contribution in [2.24, 2.45) is 5.92 Å². The van der Waals surface area contributed by atoms with Crippen molar-refractivity contribution in [1.29, 1.82) is 0 Å². The molecule has 0 saturated heterocycles. The quantitative estimate of drug-likeness (QED) is 0.395. The van der Waals surface area contributed by atoms with Crippen molar-refractivity contribution in [3.63, 3.8) is 0 Å². The van der Waals surface area contributed by atoms with E-state index in [0.29, 0.717) is 31.2 Å². The number of benzene rings is 3. The summed E-state index contributed by atoms with van der Waals surface area (Å²) in [6.45, 7) is 10.8. The normalized spacial score (nSPS) is 11.7. The Morgan fingerprint density at radius 3 is 2.25 bits per heavy atom. The number of carbonyl (C=O) groups excluding carboxylic acids is 2. The van der Waals surface area contributed by atoms with Crippen LogP contribution in [0.2, 0.25) is 0 Å². The first kappa shape index (κ1) is 27.0. The Kier molecular flexibility index (Phi) is 9.69. The van der Waals surface area contributed by atoms with Crippen molar-refractivity contribution in [1.82, 2.24) is 10.2 Å². The molecule has 0 spiro atoms. The average Bonchev–Trinajstić information content (AvgIpc) is 2.85. The minimum atomic E-state index is -0.665. The molecule has 0 heterocycles. The molecule has 0 unspecified atom stereocenters. The molecule has 0 saturated carbocycles. The van der Waals surface area contributed by atoms with Crippen LogP contribution in [0.25, 0.3) is 0 Å². The van der Waals surface area contributed by atoms with Crippen LogP contribution >= 0.6 is 0 Å². The fourth-order valence-corrected chi connectivity index (χ4v) is 4.07. The molecular weight excluding hydrogens is 448 g/mol. The van der Waals surface area contributed by atoms with Crippen molar-refractivity contribution < 1.29 is 14.3 Å². The fraction of sp³-hybridized carbons (Fsp3) is 0.355. The number of carbonyl (C=O) groups is 2. The summed E-state index contributed by atoms with van der Waals surface area (Å²) in [5.74, 6) is 0.612. The van der Waals surface area contributed by atoms with Gasteiger partial charge in [-0.1, -0.05) is 86.1 Å². The summed E-state index contributed by atoms with van der Waals surface area (Å²) < 4.78 is 5.98. The second-order valence-corrected chi connectivity index (χ2v) is 9.91. The van der Waals surface area contributed by atoms with Crippen LogP contribution < -0.4 is 10.1 Å². The fourth-order valence-electron chi connectivity index (χ4n) is 4.07. The van der Waals surface area contributed by atoms with E-state index in [2.05, 4.69) is 25.2 Å². The second kappa shape index (κ2) is 12.9. The Morgan fingerprint density at radius 1 is 0.861 bits per heavy atom. The van der Waals surface area contributed by atoms with E-state index in [-0.39, 0.29) is 18.4 Å². The lowest BCUT2D eigenvalue weighted by Gasteiger charge is -2.32. The van der Waals surface area contributed by atoms with Crippen LogP contribution in [0.5, 0.6) is 5.75 Å². The highest BCUT2D eigenvalue weighted by Crippen LogP contribution is 2.20. The maximum Gasteiger partial charge on any atom is 0.261 e. The molecule has 5 nitrogen and oxygen atoms in total. The molecular formula is C31H38N2O3. The topological polar surface area (TPSA) is 58.6 Å². The van der Waals surface area contributed by atoms with Gasteiger partial charge >= 0.3 is 0 Å². The first-order chi connectivity index (χ1) is 17.2. The molecule has 190 valence electrons. The molecule has 0 radical (unpaired) electrons. The summed E-state index contributed by atoms with van der Waals surface area (Å²) >= 11 is 0. The molecule has 36 heavy (non-hydrogen) atoms. The number of nitrogens with zero attached hydrogens (tertiary/aromatic N) is 1. The van der Waals surface area contributed by atoms with Crippen LogP contribution in [0.15, 0.2) is 72.8 Å². The highest BCUT2D eigenvalue weighted by Gasteiger charge is 2.30. The molecule has 0 aliphatic rings. The second-order valence-electron chi connectivity index (χ2n) is 9.91. The zero-order chi connectivity index (χ0) is 26.1. The standard InChI is InChI=1S/C31H38N2O3/c1-22(2)19-32-31(35)28(18-26-11-7-6-8-12-26)33(20-27-13-9-10-23(3)16-27)30(34)21-36-29-17-24(4)14-15-25(29)5/h6-17,22,28H,18-21H2,1-5H3,(H,32,35)/t28-/m1/s1. The van der Waals surface area contributed by atoms with Gasteiger partial charge < -0.3 is 15.0 Å². The largest absolute Gasteiger partial charge is 0.483 e. The molecule has 5 heteroatoms. The number of hydrogen-bond donors (Lipinski definition) is 1. The Hall–Kier alpha value is -3.60. The lowest BCUT2D eigenvalue weighted by molar-refractivity contribution is -0.142. The summed E-state index contributed by atoms with van der Waals surface area (Å²) in [6, 6.07) is 23.2. The number of hydrogen-bond acceptors (Lipinski definition) is 3. The molecule has 3 rings (SSSR count).